The zero-order valence-corrected chi connectivity index (χ0v) is 16.9. The lowest BCUT2D eigenvalue weighted by atomic mass is 10.00. The summed E-state index contributed by atoms with van der Waals surface area (Å²) in [7, 11) is 0. The predicted octanol–water partition coefficient (Wildman–Crippen LogP) is 3.24. The maximum atomic E-state index is 10.6. The molecule has 6 nitrogen and oxygen atoms in total. The van der Waals surface area contributed by atoms with Crippen LogP contribution in [0.2, 0.25) is 5.02 Å². The number of rotatable bonds is 4. The highest BCUT2D eigenvalue weighted by atomic mass is 35.5. The van der Waals surface area contributed by atoms with Gasteiger partial charge in [0.15, 0.2) is 12.2 Å². The molecule has 0 unspecified atom stereocenters. The number of halogens is 1. The summed E-state index contributed by atoms with van der Waals surface area (Å²) in [6, 6.07) is 13.8. The van der Waals surface area contributed by atoms with Crippen LogP contribution in [0.25, 0.3) is 0 Å². The molecular weight excluding hydrogens is 404 g/mol. The zero-order chi connectivity index (χ0) is 20.3. The highest BCUT2D eigenvalue weighted by Gasteiger charge is 2.46. The molecule has 1 heterocycles. The molecular formula is C20H21ClO6S. The van der Waals surface area contributed by atoms with E-state index < -0.39 is 30.7 Å². The van der Waals surface area contributed by atoms with Crippen molar-refractivity contribution in [2.75, 3.05) is 0 Å². The molecule has 2 aromatic rings. The largest absolute Gasteiger partial charge is 0.462 e. The van der Waals surface area contributed by atoms with Crippen LogP contribution >= 0.6 is 23.8 Å². The van der Waals surface area contributed by atoms with E-state index in [1.807, 2.05) is 19.1 Å². The summed E-state index contributed by atoms with van der Waals surface area (Å²) in [6.45, 7) is 3.60. The van der Waals surface area contributed by atoms with Crippen molar-refractivity contribution in [1.29, 1.82) is 0 Å². The van der Waals surface area contributed by atoms with Gasteiger partial charge in [0.1, 0.15) is 17.6 Å². The second kappa shape index (κ2) is 9.07. The van der Waals surface area contributed by atoms with Gasteiger partial charge in [-0.3, -0.25) is 0 Å². The number of aryl methyl sites for hydroxylation is 1. The van der Waals surface area contributed by atoms with Gasteiger partial charge in [0.05, 0.1) is 6.10 Å². The van der Waals surface area contributed by atoms with Crippen molar-refractivity contribution in [3.8, 4) is 11.5 Å². The summed E-state index contributed by atoms with van der Waals surface area (Å²) in [5.74, 6) is 0.947. The van der Waals surface area contributed by atoms with Crippen LogP contribution in [0.15, 0.2) is 48.5 Å². The molecule has 2 aromatic carbocycles. The number of hydrogen-bond acceptors (Lipinski definition) is 7. The molecule has 0 spiro atoms. The quantitative estimate of drug-likeness (QED) is 0.729. The first-order valence-electron chi connectivity index (χ1n) is 8.72. The summed E-state index contributed by atoms with van der Waals surface area (Å²) < 4.78 is 22.2. The molecule has 1 aliphatic rings. The van der Waals surface area contributed by atoms with Gasteiger partial charge in [-0.05, 0) is 50.2 Å². The van der Waals surface area contributed by atoms with Crippen molar-refractivity contribution < 1.29 is 29.2 Å². The number of hydrogen-bond donors (Lipinski definition) is 2. The highest BCUT2D eigenvalue weighted by molar-refractivity contribution is 7.79. The molecule has 3 rings (SSSR count). The molecule has 8 heteroatoms. The smallest absolute Gasteiger partial charge is 0.358 e. The van der Waals surface area contributed by atoms with Gasteiger partial charge in [-0.2, -0.15) is 0 Å². The minimum atomic E-state index is -1.30. The molecule has 5 atom stereocenters. The monoisotopic (exact) mass is 424 g/mol. The van der Waals surface area contributed by atoms with Crippen LogP contribution in [0.4, 0.5) is 0 Å². The standard InChI is InChI=1S/C20H21ClO6S/c1-11-3-7-15(8-4-11)26-20(28)27-18-16(22)12(2)24-19(17(18)23)25-14-9-5-13(21)6-10-14/h3-10,12,16-19,22-23H,1-2H3/t12-,16+,17-,18+,19+/m0/s1. The Labute approximate surface area is 173 Å². The van der Waals surface area contributed by atoms with Gasteiger partial charge in [0, 0.05) is 17.2 Å². The molecule has 1 aliphatic heterocycles. The Hall–Kier alpha value is -1.90. The van der Waals surface area contributed by atoms with Crippen molar-refractivity contribution in [2.45, 2.75) is 44.6 Å². The van der Waals surface area contributed by atoms with Gasteiger partial charge >= 0.3 is 5.24 Å². The summed E-state index contributed by atoms with van der Waals surface area (Å²) >= 11 is 11.0. The van der Waals surface area contributed by atoms with Crippen LogP contribution in [0.5, 0.6) is 11.5 Å². The first-order chi connectivity index (χ1) is 13.3. The lowest BCUT2D eigenvalue weighted by Crippen LogP contribution is -2.59. The summed E-state index contributed by atoms with van der Waals surface area (Å²) in [6.07, 6.45) is -5.24. The molecule has 2 N–H and O–H groups in total. The Bertz CT molecular complexity index is 797. The number of benzene rings is 2. The molecule has 1 saturated heterocycles. The van der Waals surface area contributed by atoms with Gasteiger partial charge in [0.2, 0.25) is 6.29 Å². The Morgan fingerprint density at radius 2 is 1.61 bits per heavy atom. The van der Waals surface area contributed by atoms with Crippen molar-refractivity contribution in [1.82, 2.24) is 0 Å². The van der Waals surface area contributed by atoms with Gasteiger partial charge in [-0.15, -0.1) is 0 Å². The maximum absolute atomic E-state index is 10.6. The van der Waals surface area contributed by atoms with Crippen LogP contribution in [-0.2, 0) is 9.47 Å². The molecule has 0 saturated carbocycles. The van der Waals surface area contributed by atoms with Crippen LogP contribution in [0, 0.1) is 6.92 Å². The molecule has 0 bridgehead atoms. The van der Waals surface area contributed by atoms with E-state index in [4.69, 9.17) is 42.8 Å². The Morgan fingerprint density at radius 3 is 2.25 bits per heavy atom. The number of aliphatic hydroxyl groups excluding tert-OH is 2. The van der Waals surface area contributed by atoms with Crippen LogP contribution < -0.4 is 9.47 Å². The fraction of sp³-hybridized carbons (Fsp3) is 0.350. The van der Waals surface area contributed by atoms with Crippen molar-refractivity contribution >= 4 is 29.1 Å². The number of thiocarbonyl (C=S) groups is 1. The van der Waals surface area contributed by atoms with E-state index in [9.17, 15) is 10.2 Å². The van der Waals surface area contributed by atoms with E-state index in [1.54, 1.807) is 43.3 Å². The van der Waals surface area contributed by atoms with Crippen molar-refractivity contribution in [2.24, 2.45) is 0 Å². The van der Waals surface area contributed by atoms with Crippen LogP contribution in [-0.4, -0.2) is 46.2 Å². The third-order valence-electron chi connectivity index (χ3n) is 4.30. The first-order valence-corrected chi connectivity index (χ1v) is 9.51. The number of aliphatic hydroxyl groups is 2. The fourth-order valence-corrected chi connectivity index (χ4v) is 3.05. The Kier molecular flexibility index (Phi) is 6.74. The predicted molar refractivity (Wildman–Crippen MR) is 108 cm³/mol. The molecule has 28 heavy (non-hydrogen) atoms. The van der Waals surface area contributed by atoms with Crippen LogP contribution in [0.3, 0.4) is 0 Å². The number of ether oxygens (including phenoxy) is 4. The van der Waals surface area contributed by atoms with E-state index in [2.05, 4.69) is 0 Å². The minimum Gasteiger partial charge on any atom is -0.462 e. The lowest BCUT2D eigenvalue weighted by molar-refractivity contribution is -0.266. The van der Waals surface area contributed by atoms with E-state index in [-0.39, 0.29) is 5.24 Å². The summed E-state index contributed by atoms with van der Waals surface area (Å²) in [4.78, 5) is 0. The molecule has 0 radical (unpaired) electrons. The van der Waals surface area contributed by atoms with Gasteiger partial charge in [-0.1, -0.05) is 29.3 Å². The second-order valence-corrected chi connectivity index (χ2v) is 7.28. The second-order valence-electron chi connectivity index (χ2n) is 6.51. The minimum absolute atomic E-state index is 0.216. The Morgan fingerprint density at radius 1 is 1.00 bits per heavy atom. The van der Waals surface area contributed by atoms with Crippen LogP contribution in [0.1, 0.15) is 12.5 Å². The van der Waals surface area contributed by atoms with Crippen molar-refractivity contribution in [3.05, 3.63) is 59.1 Å². The SMILES string of the molecule is Cc1ccc(OC(=S)O[C@H]2[C@H](O)[C@@H](Oc3ccc(Cl)cc3)O[C@@H](C)[C@H]2O)cc1. The summed E-state index contributed by atoms with van der Waals surface area (Å²) in [5.41, 5.74) is 1.07. The molecule has 0 aromatic heterocycles. The first kappa shape index (κ1) is 20.8. The average Bonchev–Trinajstić information content (AvgIpc) is 2.67. The van der Waals surface area contributed by atoms with Gasteiger partial charge < -0.3 is 29.2 Å². The summed E-state index contributed by atoms with van der Waals surface area (Å²) in [5, 5.41) is 21.3. The Balaban J connectivity index is 1.66. The van der Waals surface area contributed by atoms with E-state index in [1.165, 1.54) is 0 Å². The normalized spacial score (nSPS) is 27.1. The molecule has 1 fully saturated rings. The average molecular weight is 425 g/mol. The third-order valence-corrected chi connectivity index (χ3v) is 4.73. The van der Waals surface area contributed by atoms with E-state index in [0.717, 1.165) is 5.56 Å². The van der Waals surface area contributed by atoms with E-state index >= 15 is 0 Å². The third kappa shape index (κ3) is 5.12. The molecule has 0 aliphatic carbocycles. The molecule has 150 valence electrons. The topological polar surface area (TPSA) is 77.4 Å². The van der Waals surface area contributed by atoms with Gasteiger partial charge in [-0.25, -0.2) is 0 Å². The van der Waals surface area contributed by atoms with Crippen molar-refractivity contribution in [3.63, 3.8) is 0 Å². The maximum Gasteiger partial charge on any atom is 0.358 e. The lowest BCUT2D eigenvalue weighted by Gasteiger charge is -2.40. The molecule has 0 amide bonds. The zero-order valence-electron chi connectivity index (χ0n) is 15.3. The van der Waals surface area contributed by atoms with E-state index in [0.29, 0.717) is 16.5 Å². The highest BCUT2D eigenvalue weighted by Crippen LogP contribution is 2.27. The van der Waals surface area contributed by atoms with Gasteiger partial charge in [0.25, 0.3) is 0 Å². The fourth-order valence-electron chi connectivity index (χ4n) is 2.72.